The number of hydrogen-bond acceptors (Lipinski definition) is 6. The van der Waals surface area contributed by atoms with E-state index < -0.39 is 0 Å². The number of aromatic nitrogens is 4. The van der Waals surface area contributed by atoms with E-state index in [2.05, 4.69) is 19.9 Å². The highest BCUT2D eigenvalue weighted by Gasteiger charge is 2.04. The normalized spacial score (nSPS) is 10.3. The van der Waals surface area contributed by atoms with Crippen molar-refractivity contribution in [1.82, 2.24) is 19.9 Å². The zero-order chi connectivity index (χ0) is 15.9. The quantitative estimate of drug-likeness (QED) is 0.652. The summed E-state index contributed by atoms with van der Waals surface area (Å²) in [5, 5.41) is 0. The third-order valence-electron chi connectivity index (χ3n) is 3.03. The number of pyridine rings is 2. The van der Waals surface area contributed by atoms with Crippen LogP contribution in [0.15, 0.2) is 55.2 Å². The molecule has 0 aromatic carbocycles. The van der Waals surface area contributed by atoms with Gasteiger partial charge in [0.2, 0.25) is 0 Å². The molecule has 0 N–H and O–H groups in total. The van der Waals surface area contributed by atoms with Crippen molar-refractivity contribution in [2.75, 3.05) is 13.2 Å². The maximum absolute atomic E-state index is 5.68. The van der Waals surface area contributed by atoms with Crippen molar-refractivity contribution >= 4 is 0 Å². The van der Waals surface area contributed by atoms with Crippen LogP contribution in [-0.2, 0) is 0 Å². The van der Waals surface area contributed by atoms with Crippen LogP contribution >= 0.6 is 0 Å². The van der Waals surface area contributed by atoms with Crippen LogP contribution in [0.2, 0.25) is 0 Å². The van der Waals surface area contributed by atoms with Gasteiger partial charge in [0.15, 0.2) is 0 Å². The third kappa shape index (κ3) is 4.23. The van der Waals surface area contributed by atoms with Gasteiger partial charge >= 0.3 is 0 Å². The lowest BCUT2D eigenvalue weighted by molar-refractivity contribution is 0.216. The third-order valence-corrected chi connectivity index (χ3v) is 3.03. The fraction of sp³-hybridized carbons (Fsp3) is 0.176. The minimum atomic E-state index is 0.428. The SMILES string of the molecule is Cc1cnc(-c2cc(OCCOc3cccnc3)ccn2)cn1. The molecule has 0 atom stereocenters. The van der Waals surface area contributed by atoms with Crippen LogP contribution in [0.25, 0.3) is 11.4 Å². The Hall–Kier alpha value is -3.02. The lowest BCUT2D eigenvalue weighted by Gasteiger charge is -2.08. The minimum absolute atomic E-state index is 0.428. The molecule has 0 bridgehead atoms. The summed E-state index contributed by atoms with van der Waals surface area (Å²) >= 11 is 0. The Morgan fingerprint density at radius 2 is 1.70 bits per heavy atom. The maximum atomic E-state index is 5.68. The van der Waals surface area contributed by atoms with Crippen LogP contribution in [0.4, 0.5) is 0 Å². The van der Waals surface area contributed by atoms with Crippen LogP contribution < -0.4 is 9.47 Å². The number of nitrogens with zero attached hydrogens (tertiary/aromatic N) is 4. The Bertz CT molecular complexity index is 748. The summed E-state index contributed by atoms with van der Waals surface area (Å²) in [6.07, 6.45) is 8.48. The fourth-order valence-corrected chi connectivity index (χ4v) is 1.92. The van der Waals surface area contributed by atoms with Gasteiger partial charge in [-0.1, -0.05) is 0 Å². The fourth-order valence-electron chi connectivity index (χ4n) is 1.92. The summed E-state index contributed by atoms with van der Waals surface area (Å²) in [6, 6.07) is 7.32. The topological polar surface area (TPSA) is 70.0 Å². The molecule has 23 heavy (non-hydrogen) atoms. The Morgan fingerprint density at radius 1 is 0.826 bits per heavy atom. The molecule has 116 valence electrons. The molecule has 0 spiro atoms. The Morgan fingerprint density at radius 3 is 2.43 bits per heavy atom. The van der Waals surface area contributed by atoms with Gasteiger partial charge in [-0.2, -0.15) is 0 Å². The summed E-state index contributed by atoms with van der Waals surface area (Å²) in [4.78, 5) is 16.8. The van der Waals surface area contributed by atoms with E-state index in [0.29, 0.717) is 24.7 Å². The van der Waals surface area contributed by atoms with Crippen molar-refractivity contribution in [3.05, 3.63) is 60.9 Å². The molecule has 0 amide bonds. The molecule has 3 aromatic heterocycles. The van der Waals surface area contributed by atoms with Gasteiger partial charge in [0.25, 0.3) is 0 Å². The molecule has 0 saturated heterocycles. The van der Waals surface area contributed by atoms with Crippen LogP contribution in [0, 0.1) is 6.92 Å². The second kappa shape index (κ2) is 7.31. The highest BCUT2D eigenvalue weighted by atomic mass is 16.5. The molecule has 0 radical (unpaired) electrons. The first-order valence-electron chi connectivity index (χ1n) is 7.22. The Balaban J connectivity index is 1.56. The van der Waals surface area contributed by atoms with E-state index >= 15 is 0 Å². The molecule has 3 heterocycles. The first-order valence-corrected chi connectivity index (χ1v) is 7.22. The Kier molecular flexibility index (Phi) is 4.73. The monoisotopic (exact) mass is 308 g/mol. The van der Waals surface area contributed by atoms with E-state index in [1.54, 1.807) is 37.1 Å². The summed E-state index contributed by atoms with van der Waals surface area (Å²) in [5.74, 6) is 1.44. The number of ether oxygens (including phenoxy) is 2. The second-order valence-electron chi connectivity index (χ2n) is 4.81. The smallest absolute Gasteiger partial charge is 0.137 e. The van der Waals surface area contributed by atoms with Crippen molar-refractivity contribution in [3.8, 4) is 22.9 Å². The van der Waals surface area contributed by atoms with Gasteiger partial charge in [-0.15, -0.1) is 0 Å². The average molecular weight is 308 g/mol. The average Bonchev–Trinajstić information content (AvgIpc) is 2.61. The summed E-state index contributed by atoms with van der Waals surface area (Å²) < 4.78 is 11.2. The lowest BCUT2D eigenvalue weighted by atomic mass is 10.2. The maximum Gasteiger partial charge on any atom is 0.137 e. The molecular weight excluding hydrogens is 292 g/mol. The highest BCUT2D eigenvalue weighted by molar-refractivity contribution is 5.54. The van der Waals surface area contributed by atoms with E-state index in [9.17, 15) is 0 Å². The summed E-state index contributed by atoms with van der Waals surface area (Å²) in [5.41, 5.74) is 2.31. The van der Waals surface area contributed by atoms with E-state index in [1.165, 1.54) is 0 Å². The van der Waals surface area contributed by atoms with Gasteiger partial charge in [0.1, 0.15) is 30.4 Å². The predicted molar refractivity (Wildman–Crippen MR) is 85.2 cm³/mol. The largest absolute Gasteiger partial charge is 0.490 e. The summed E-state index contributed by atoms with van der Waals surface area (Å²) in [7, 11) is 0. The van der Waals surface area contributed by atoms with E-state index in [0.717, 1.165) is 17.1 Å². The standard InChI is InChI=1S/C17H16N4O2/c1-13-10-21-17(12-20-13)16-9-14(4-6-19-16)22-7-8-23-15-3-2-5-18-11-15/h2-6,9-12H,7-8H2,1H3. The lowest BCUT2D eigenvalue weighted by Crippen LogP contribution is -2.09. The molecule has 0 aliphatic rings. The number of hydrogen-bond donors (Lipinski definition) is 0. The number of aryl methyl sites for hydroxylation is 1. The van der Waals surface area contributed by atoms with Crippen molar-refractivity contribution in [3.63, 3.8) is 0 Å². The molecule has 6 heteroatoms. The van der Waals surface area contributed by atoms with E-state index in [-0.39, 0.29) is 0 Å². The molecule has 3 aromatic rings. The zero-order valence-electron chi connectivity index (χ0n) is 12.7. The first kappa shape index (κ1) is 14.9. The van der Waals surface area contributed by atoms with Crippen molar-refractivity contribution in [1.29, 1.82) is 0 Å². The van der Waals surface area contributed by atoms with Gasteiger partial charge in [-0.05, 0) is 25.1 Å². The first-order chi connectivity index (χ1) is 11.3. The van der Waals surface area contributed by atoms with Gasteiger partial charge in [-0.3, -0.25) is 19.9 Å². The van der Waals surface area contributed by atoms with Crippen LogP contribution in [-0.4, -0.2) is 33.1 Å². The van der Waals surface area contributed by atoms with Crippen molar-refractivity contribution in [2.24, 2.45) is 0 Å². The molecule has 0 fully saturated rings. The van der Waals surface area contributed by atoms with Crippen LogP contribution in [0.3, 0.4) is 0 Å². The zero-order valence-corrected chi connectivity index (χ0v) is 12.7. The van der Waals surface area contributed by atoms with Gasteiger partial charge in [0.05, 0.1) is 23.8 Å². The van der Waals surface area contributed by atoms with E-state index in [4.69, 9.17) is 9.47 Å². The Labute approximate surface area is 134 Å². The van der Waals surface area contributed by atoms with E-state index in [1.807, 2.05) is 25.1 Å². The predicted octanol–water partition coefficient (Wildman–Crippen LogP) is 2.70. The molecule has 3 rings (SSSR count). The molecule has 0 unspecified atom stereocenters. The molecule has 0 saturated carbocycles. The second-order valence-corrected chi connectivity index (χ2v) is 4.81. The van der Waals surface area contributed by atoms with Gasteiger partial charge in [0, 0.05) is 24.7 Å². The van der Waals surface area contributed by atoms with Crippen LogP contribution in [0.1, 0.15) is 5.69 Å². The molecular formula is C17H16N4O2. The molecule has 0 aliphatic heterocycles. The van der Waals surface area contributed by atoms with Gasteiger partial charge < -0.3 is 9.47 Å². The molecule has 6 nitrogen and oxygen atoms in total. The highest BCUT2D eigenvalue weighted by Crippen LogP contribution is 2.19. The number of rotatable bonds is 6. The minimum Gasteiger partial charge on any atom is -0.490 e. The summed E-state index contributed by atoms with van der Waals surface area (Å²) in [6.45, 7) is 2.76. The van der Waals surface area contributed by atoms with Crippen molar-refractivity contribution in [2.45, 2.75) is 6.92 Å². The van der Waals surface area contributed by atoms with Gasteiger partial charge in [-0.25, -0.2) is 0 Å². The van der Waals surface area contributed by atoms with Crippen molar-refractivity contribution < 1.29 is 9.47 Å². The van der Waals surface area contributed by atoms with Crippen LogP contribution in [0.5, 0.6) is 11.5 Å². The molecule has 0 aliphatic carbocycles.